The third kappa shape index (κ3) is 5.74. The van der Waals surface area contributed by atoms with Gasteiger partial charge in [-0.15, -0.1) is 0 Å². The Kier molecular flexibility index (Phi) is 9.52. The molecule has 9 unspecified atom stereocenters. The van der Waals surface area contributed by atoms with Crippen molar-refractivity contribution in [1.82, 2.24) is 4.90 Å². The molecule has 0 radical (unpaired) electrons. The lowest BCUT2D eigenvalue weighted by atomic mass is 9.43. The van der Waals surface area contributed by atoms with Crippen molar-refractivity contribution in [3.8, 4) is 0 Å². The van der Waals surface area contributed by atoms with Gasteiger partial charge in [-0.2, -0.15) is 0 Å². The van der Waals surface area contributed by atoms with Gasteiger partial charge in [0, 0.05) is 31.2 Å². The summed E-state index contributed by atoms with van der Waals surface area (Å²) in [6.07, 6.45) is 11.4. The number of carbonyl (C=O) groups excluding carboxylic acids is 1. The van der Waals surface area contributed by atoms with Crippen molar-refractivity contribution in [1.29, 1.82) is 0 Å². The molecule has 0 saturated heterocycles. The van der Waals surface area contributed by atoms with Crippen molar-refractivity contribution in [3.63, 3.8) is 0 Å². The number of fused-ring (bicyclic) bond motifs is 5. The molecule has 0 aromatic heterocycles. The molecule has 40 heavy (non-hydrogen) atoms. The monoisotopic (exact) mass is 585 g/mol. The summed E-state index contributed by atoms with van der Waals surface area (Å²) in [7, 11) is 0. The van der Waals surface area contributed by atoms with Gasteiger partial charge in [-0.25, -0.2) is 8.78 Å². The van der Waals surface area contributed by atoms with Gasteiger partial charge in [0.2, 0.25) is 5.91 Å². The van der Waals surface area contributed by atoms with Gasteiger partial charge < -0.3 is 19.7 Å². The summed E-state index contributed by atoms with van der Waals surface area (Å²) in [5, 5.41) is 21.5. The second-order valence-corrected chi connectivity index (χ2v) is 15.4. The molecule has 0 bridgehead atoms. The summed E-state index contributed by atoms with van der Waals surface area (Å²) in [6.45, 7) is 5.14. The first kappa shape index (κ1) is 31.0. The van der Waals surface area contributed by atoms with Gasteiger partial charge in [0.05, 0.1) is 6.10 Å². The Balaban J connectivity index is 1.21. The Morgan fingerprint density at radius 2 is 1.68 bits per heavy atom. The van der Waals surface area contributed by atoms with Crippen LogP contribution in [0.4, 0.5) is 8.78 Å². The highest BCUT2D eigenvalue weighted by atomic mass is 32.2. The minimum Gasteiger partial charge on any atom is -0.393 e. The highest BCUT2D eigenvalue weighted by Gasteiger charge is 2.65. The maximum absolute atomic E-state index is 14.8. The van der Waals surface area contributed by atoms with Crippen molar-refractivity contribution in [3.05, 3.63) is 0 Å². The van der Waals surface area contributed by atoms with E-state index in [1.165, 1.54) is 19.3 Å². The normalized spacial score (nSPS) is 43.0. The fourth-order valence-corrected chi connectivity index (χ4v) is 10.9. The molecule has 230 valence electrons. The van der Waals surface area contributed by atoms with E-state index in [4.69, 9.17) is 4.55 Å². The lowest BCUT2D eigenvalue weighted by molar-refractivity contribution is -0.235. The number of alkyl halides is 2. The minimum absolute atomic E-state index is 0.0472. The maximum atomic E-state index is 14.8. The number of aliphatic hydroxyl groups excluding tert-OH is 2. The molecule has 0 aromatic rings. The van der Waals surface area contributed by atoms with Crippen LogP contribution in [0.15, 0.2) is 0 Å². The molecule has 0 spiro atoms. The molecule has 5 nitrogen and oxygen atoms in total. The Morgan fingerprint density at radius 3 is 2.40 bits per heavy atom. The molecule has 8 heteroatoms. The van der Waals surface area contributed by atoms with Crippen LogP contribution in [0.1, 0.15) is 117 Å². The van der Waals surface area contributed by atoms with Crippen LogP contribution in [0.25, 0.3) is 0 Å². The highest BCUT2D eigenvalue weighted by molar-refractivity contribution is 7.93. The number of rotatable bonds is 9. The van der Waals surface area contributed by atoms with E-state index in [1.54, 1.807) is 0 Å². The van der Waals surface area contributed by atoms with Gasteiger partial charge >= 0.3 is 0 Å². The maximum Gasteiger partial charge on any atom is 0.274 e. The number of halogens is 2. The minimum atomic E-state index is -3.05. The van der Waals surface area contributed by atoms with Crippen LogP contribution in [-0.2, 0) is 4.79 Å². The number of hydrogen-bond donors (Lipinski definition) is 3. The molecule has 3 N–H and O–H groups in total. The van der Waals surface area contributed by atoms with Crippen molar-refractivity contribution >= 4 is 17.9 Å². The van der Waals surface area contributed by atoms with Crippen LogP contribution in [0, 0.1) is 40.4 Å². The molecule has 5 rings (SSSR count). The number of nitrogens with zero attached hydrogens (tertiary/aromatic N) is 1. The van der Waals surface area contributed by atoms with E-state index >= 15 is 0 Å². The van der Waals surface area contributed by atoms with E-state index in [2.05, 4.69) is 11.8 Å². The summed E-state index contributed by atoms with van der Waals surface area (Å²) in [6, 6.07) is 0.347. The van der Waals surface area contributed by atoms with Crippen LogP contribution in [0.5, 0.6) is 0 Å². The summed E-state index contributed by atoms with van der Waals surface area (Å²) < 4.78 is 38.7. The van der Waals surface area contributed by atoms with Crippen molar-refractivity contribution in [2.45, 2.75) is 141 Å². The van der Waals surface area contributed by atoms with Crippen LogP contribution in [-0.4, -0.2) is 62.0 Å². The second kappa shape index (κ2) is 12.3. The first-order chi connectivity index (χ1) is 19.0. The van der Waals surface area contributed by atoms with Gasteiger partial charge in [-0.05, 0) is 123 Å². The predicted molar refractivity (Wildman–Crippen MR) is 155 cm³/mol. The van der Waals surface area contributed by atoms with E-state index < -0.39 is 23.5 Å². The van der Waals surface area contributed by atoms with Gasteiger partial charge in [0.25, 0.3) is 5.92 Å². The van der Waals surface area contributed by atoms with Gasteiger partial charge in [0.1, 0.15) is 6.10 Å². The van der Waals surface area contributed by atoms with Crippen molar-refractivity contribution in [2.75, 3.05) is 12.3 Å². The smallest absolute Gasteiger partial charge is 0.274 e. The Hall–Kier alpha value is -0.440. The zero-order valence-electron chi connectivity index (χ0n) is 24.7. The Bertz CT molecular complexity index is 887. The third-order valence-electron chi connectivity index (χ3n) is 12.8. The standard InChI is InChI=1S/C32H53F2NO4S/c1-30-15-14-25-29(26(36)18-22-19-27(37)32(33,34)20-31(22,25)2)24(30)13-12-21(30)8-6-11-28(38)35(16-7-17-40-39)23-9-4-3-5-10-23/h21-27,29,36-37,39H,3-20H2,1-2H3. The number of aliphatic hydroxyl groups is 2. The summed E-state index contributed by atoms with van der Waals surface area (Å²) in [5.41, 5.74) is -0.442. The average molecular weight is 586 g/mol. The van der Waals surface area contributed by atoms with Gasteiger partial charge in [-0.3, -0.25) is 4.79 Å². The van der Waals surface area contributed by atoms with Crippen LogP contribution >= 0.6 is 12.0 Å². The van der Waals surface area contributed by atoms with Crippen LogP contribution in [0.2, 0.25) is 0 Å². The fraction of sp³-hybridized carbons (Fsp3) is 0.969. The van der Waals surface area contributed by atoms with Gasteiger partial charge in [0.15, 0.2) is 0 Å². The fourth-order valence-electron chi connectivity index (χ4n) is 10.7. The summed E-state index contributed by atoms with van der Waals surface area (Å²) in [5.74, 6) is -1.18. The lowest BCUT2D eigenvalue weighted by Crippen LogP contribution is -2.61. The first-order valence-electron chi connectivity index (χ1n) is 16.3. The highest BCUT2D eigenvalue weighted by Crippen LogP contribution is 2.69. The van der Waals surface area contributed by atoms with Crippen molar-refractivity contribution < 1.29 is 28.3 Å². The molecule has 5 fully saturated rings. The van der Waals surface area contributed by atoms with Crippen molar-refractivity contribution in [2.24, 2.45) is 40.4 Å². The van der Waals surface area contributed by atoms with E-state index in [0.29, 0.717) is 36.5 Å². The van der Waals surface area contributed by atoms with Gasteiger partial charge in [-0.1, -0.05) is 33.1 Å². The van der Waals surface area contributed by atoms with Crippen LogP contribution in [0.3, 0.4) is 0 Å². The van der Waals surface area contributed by atoms with E-state index in [1.807, 2.05) is 6.92 Å². The molecule has 0 heterocycles. The first-order valence-corrected chi connectivity index (χ1v) is 17.3. The largest absolute Gasteiger partial charge is 0.393 e. The lowest BCUT2D eigenvalue weighted by Gasteiger charge is -2.63. The predicted octanol–water partition coefficient (Wildman–Crippen LogP) is 7.15. The second-order valence-electron chi connectivity index (χ2n) is 14.8. The number of hydrogen-bond acceptors (Lipinski definition) is 5. The molecule has 0 aromatic carbocycles. The topological polar surface area (TPSA) is 81.0 Å². The third-order valence-corrected chi connectivity index (χ3v) is 13.3. The van der Waals surface area contributed by atoms with Crippen LogP contribution < -0.4 is 0 Å². The molecule has 5 aliphatic carbocycles. The molecule has 9 atom stereocenters. The zero-order chi connectivity index (χ0) is 28.7. The zero-order valence-corrected chi connectivity index (χ0v) is 25.5. The summed E-state index contributed by atoms with van der Waals surface area (Å²) >= 11 is 0.856. The summed E-state index contributed by atoms with van der Waals surface area (Å²) in [4.78, 5) is 15.5. The van der Waals surface area contributed by atoms with E-state index in [9.17, 15) is 23.8 Å². The van der Waals surface area contributed by atoms with E-state index in [-0.39, 0.29) is 41.9 Å². The molecule has 5 aliphatic rings. The molecule has 1 amide bonds. The molecule has 5 saturated carbocycles. The quantitative estimate of drug-likeness (QED) is 0.198. The number of amides is 1. The Labute approximate surface area is 244 Å². The Morgan fingerprint density at radius 1 is 0.950 bits per heavy atom. The average Bonchev–Trinajstić information content (AvgIpc) is 3.25. The molecule has 0 aliphatic heterocycles. The van der Waals surface area contributed by atoms with E-state index in [0.717, 1.165) is 76.4 Å². The molecular weight excluding hydrogens is 532 g/mol. The molecular formula is C32H53F2NO4S. The SMILES string of the molecule is CC12CCC3C(C(O)CC4CC(O)C(F)(F)CC43C)C1CCC2CCCC(=O)N(CCCSO)C1CCCCC1. The number of carbonyl (C=O) groups is 1.